The summed E-state index contributed by atoms with van der Waals surface area (Å²) in [6, 6.07) is 10.5. The van der Waals surface area contributed by atoms with Gasteiger partial charge in [0.25, 0.3) is 0 Å². The van der Waals surface area contributed by atoms with Crippen molar-refractivity contribution in [1.29, 1.82) is 0 Å². The number of ether oxygens (including phenoxy) is 1. The molecule has 0 saturated heterocycles. The van der Waals surface area contributed by atoms with Gasteiger partial charge in [0, 0.05) is 5.56 Å². The molecule has 0 heterocycles. The largest absolute Gasteiger partial charge is 0.508 e. The predicted octanol–water partition coefficient (Wildman–Crippen LogP) is 3.90. The Morgan fingerprint density at radius 3 is 2.11 bits per heavy atom. The average molecular weight is 258 g/mol. The van der Waals surface area contributed by atoms with Crippen molar-refractivity contribution in [3.63, 3.8) is 0 Å². The van der Waals surface area contributed by atoms with E-state index in [0.717, 1.165) is 16.7 Å². The van der Waals surface area contributed by atoms with Gasteiger partial charge in [-0.2, -0.15) is 0 Å². The van der Waals surface area contributed by atoms with Crippen LogP contribution in [0.2, 0.25) is 0 Å². The number of hydrogen-bond donors (Lipinski definition) is 2. The van der Waals surface area contributed by atoms with E-state index in [9.17, 15) is 10.2 Å². The molecule has 0 spiro atoms. The second kappa shape index (κ2) is 5.22. The molecule has 0 unspecified atom stereocenters. The molecule has 2 aromatic carbocycles. The van der Waals surface area contributed by atoms with Crippen LogP contribution in [0.3, 0.4) is 0 Å². The van der Waals surface area contributed by atoms with E-state index in [-0.39, 0.29) is 17.4 Å². The van der Waals surface area contributed by atoms with Gasteiger partial charge in [-0.25, -0.2) is 0 Å². The molecule has 0 atom stereocenters. The van der Waals surface area contributed by atoms with Crippen LogP contribution in [0.25, 0.3) is 11.1 Å². The van der Waals surface area contributed by atoms with E-state index in [2.05, 4.69) is 13.8 Å². The van der Waals surface area contributed by atoms with Crippen molar-refractivity contribution in [2.24, 2.45) is 0 Å². The summed E-state index contributed by atoms with van der Waals surface area (Å²) >= 11 is 0. The van der Waals surface area contributed by atoms with Gasteiger partial charge in [-0.15, -0.1) is 0 Å². The lowest BCUT2D eigenvalue weighted by molar-refractivity contribution is 0.368. The van der Waals surface area contributed by atoms with E-state index in [4.69, 9.17) is 4.74 Å². The van der Waals surface area contributed by atoms with Crippen LogP contribution in [0.15, 0.2) is 36.4 Å². The third kappa shape index (κ3) is 2.50. The molecule has 0 saturated carbocycles. The van der Waals surface area contributed by atoms with Gasteiger partial charge in [-0.1, -0.05) is 32.0 Å². The number of rotatable bonds is 3. The normalized spacial score (nSPS) is 10.7. The molecule has 0 fully saturated rings. The van der Waals surface area contributed by atoms with E-state index in [0.29, 0.717) is 5.75 Å². The summed E-state index contributed by atoms with van der Waals surface area (Å²) < 4.78 is 5.32. The highest BCUT2D eigenvalue weighted by molar-refractivity contribution is 5.73. The SMILES string of the molecule is COc1c(O)ccc(-c2ccc(O)cc2)c1C(C)C. The van der Waals surface area contributed by atoms with Crippen LogP contribution in [0.1, 0.15) is 25.3 Å². The summed E-state index contributed by atoms with van der Waals surface area (Å²) in [4.78, 5) is 0. The summed E-state index contributed by atoms with van der Waals surface area (Å²) in [6.07, 6.45) is 0. The monoisotopic (exact) mass is 258 g/mol. The maximum absolute atomic E-state index is 9.89. The number of methoxy groups -OCH3 is 1. The quantitative estimate of drug-likeness (QED) is 0.878. The Balaban J connectivity index is 2.66. The first-order valence-corrected chi connectivity index (χ1v) is 6.24. The Morgan fingerprint density at radius 1 is 0.947 bits per heavy atom. The fraction of sp³-hybridized carbons (Fsp3) is 0.250. The third-order valence-corrected chi connectivity index (χ3v) is 3.14. The molecular formula is C16H18O3. The molecule has 3 nitrogen and oxygen atoms in total. The van der Waals surface area contributed by atoms with Gasteiger partial charge in [-0.05, 0) is 35.2 Å². The summed E-state index contributed by atoms with van der Waals surface area (Å²) in [5, 5.41) is 19.3. The van der Waals surface area contributed by atoms with Crippen LogP contribution in [0.4, 0.5) is 0 Å². The lowest BCUT2D eigenvalue weighted by atomic mass is 9.91. The molecule has 2 N–H and O–H groups in total. The molecule has 100 valence electrons. The minimum Gasteiger partial charge on any atom is -0.508 e. The van der Waals surface area contributed by atoms with Gasteiger partial charge in [-0.3, -0.25) is 0 Å². The highest BCUT2D eigenvalue weighted by atomic mass is 16.5. The Hall–Kier alpha value is -2.16. The van der Waals surface area contributed by atoms with E-state index in [1.54, 1.807) is 25.3 Å². The lowest BCUT2D eigenvalue weighted by Crippen LogP contribution is -1.98. The first-order valence-electron chi connectivity index (χ1n) is 6.24. The summed E-state index contributed by atoms with van der Waals surface area (Å²) in [5.74, 6) is 1.11. The van der Waals surface area contributed by atoms with E-state index in [1.807, 2.05) is 18.2 Å². The zero-order valence-electron chi connectivity index (χ0n) is 11.3. The third-order valence-electron chi connectivity index (χ3n) is 3.14. The molecule has 19 heavy (non-hydrogen) atoms. The zero-order valence-corrected chi connectivity index (χ0v) is 11.3. The highest BCUT2D eigenvalue weighted by Gasteiger charge is 2.17. The van der Waals surface area contributed by atoms with Gasteiger partial charge in [0.15, 0.2) is 11.5 Å². The van der Waals surface area contributed by atoms with Gasteiger partial charge in [0.05, 0.1) is 7.11 Å². The number of aromatic hydroxyl groups is 2. The molecule has 0 aliphatic heterocycles. The molecule has 0 bridgehead atoms. The Bertz CT molecular complexity index is 571. The van der Waals surface area contributed by atoms with E-state index < -0.39 is 0 Å². The second-order valence-electron chi connectivity index (χ2n) is 4.78. The smallest absolute Gasteiger partial charge is 0.164 e. The van der Waals surface area contributed by atoms with E-state index in [1.165, 1.54) is 0 Å². The minimum absolute atomic E-state index is 0.147. The van der Waals surface area contributed by atoms with Crippen LogP contribution in [0, 0.1) is 0 Å². The fourth-order valence-corrected chi connectivity index (χ4v) is 2.27. The molecule has 0 aliphatic rings. The molecule has 0 aliphatic carbocycles. The summed E-state index contributed by atoms with van der Waals surface area (Å²) in [7, 11) is 1.56. The van der Waals surface area contributed by atoms with Gasteiger partial charge in [0.1, 0.15) is 5.75 Å². The van der Waals surface area contributed by atoms with Crippen molar-refractivity contribution in [3.8, 4) is 28.4 Å². The van der Waals surface area contributed by atoms with Crippen molar-refractivity contribution in [3.05, 3.63) is 42.0 Å². The summed E-state index contributed by atoms with van der Waals surface area (Å²) in [6.45, 7) is 4.11. The standard InChI is InChI=1S/C16H18O3/c1-10(2)15-13(8-9-14(18)16(15)19-3)11-4-6-12(17)7-5-11/h4-10,17-18H,1-3H3. The van der Waals surface area contributed by atoms with Crippen LogP contribution in [0.5, 0.6) is 17.2 Å². The molecule has 0 amide bonds. The Kier molecular flexibility index (Phi) is 3.65. The lowest BCUT2D eigenvalue weighted by Gasteiger charge is -2.18. The second-order valence-corrected chi connectivity index (χ2v) is 4.78. The van der Waals surface area contributed by atoms with Crippen LogP contribution < -0.4 is 4.74 Å². The van der Waals surface area contributed by atoms with Crippen LogP contribution >= 0.6 is 0 Å². The van der Waals surface area contributed by atoms with Gasteiger partial charge < -0.3 is 14.9 Å². The fourth-order valence-electron chi connectivity index (χ4n) is 2.27. The maximum Gasteiger partial charge on any atom is 0.164 e. The minimum atomic E-state index is 0.147. The van der Waals surface area contributed by atoms with Crippen molar-refractivity contribution in [2.75, 3.05) is 7.11 Å². The maximum atomic E-state index is 9.89. The van der Waals surface area contributed by atoms with Crippen molar-refractivity contribution >= 4 is 0 Å². The molecular weight excluding hydrogens is 240 g/mol. The Morgan fingerprint density at radius 2 is 1.58 bits per heavy atom. The predicted molar refractivity (Wildman–Crippen MR) is 75.8 cm³/mol. The van der Waals surface area contributed by atoms with Gasteiger partial charge >= 0.3 is 0 Å². The first-order chi connectivity index (χ1) is 9.04. The number of phenols is 2. The number of benzene rings is 2. The molecule has 0 aromatic heterocycles. The molecule has 2 rings (SSSR count). The topological polar surface area (TPSA) is 49.7 Å². The van der Waals surface area contributed by atoms with Crippen molar-refractivity contribution in [2.45, 2.75) is 19.8 Å². The highest BCUT2D eigenvalue weighted by Crippen LogP contribution is 2.41. The molecule has 3 heteroatoms. The Labute approximate surface area is 113 Å². The molecule has 2 aromatic rings. The average Bonchev–Trinajstić information content (AvgIpc) is 2.39. The van der Waals surface area contributed by atoms with Crippen molar-refractivity contribution in [1.82, 2.24) is 0 Å². The van der Waals surface area contributed by atoms with Crippen molar-refractivity contribution < 1.29 is 14.9 Å². The first kappa shape index (κ1) is 13.3. The van der Waals surface area contributed by atoms with Gasteiger partial charge in [0.2, 0.25) is 0 Å². The van der Waals surface area contributed by atoms with Crippen LogP contribution in [-0.2, 0) is 0 Å². The summed E-state index contributed by atoms with van der Waals surface area (Å²) in [5.41, 5.74) is 2.96. The number of hydrogen-bond acceptors (Lipinski definition) is 3. The van der Waals surface area contributed by atoms with E-state index >= 15 is 0 Å². The zero-order chi connectivity index (χ0) is 14.0. The number of phenolic OH excluding ortho intramolecular Hbond substituents is 2. The van der Waals surface area contributed by atoms with Crippen LogP contribution in [-0.4, -0.2) is 17.3 Å². The molecule has 0 radical (unpaired) electrons.